The first-order valence-electron chi connectivity index (χ1n) is 7.69. The Morgan fingerprint density at radius 2 is 1.80 bits per heavy atom. The highest BCUT2D eigenvalue weighted by Gasteiger charge is 2.29. The van der Waals surface area contributed by atoms with Crippen molar-refractivity contribution < 1.29 is 18.0 Å². The summed E-state index contributed by atoms with van der Waals surface area (Å²) in [5.74, 6) is -0.221. The van der Waals surface area contributed by atoms with Crippen LogP contribution in [0.2, 0.25) is 0 Å². The lowest BCUT2D eigenvalue weighted by atomic mass is 10.1. The number of hydrogen-bond acceptors (Lipinski definition) is 3. The SMILES string of the molecule is O=C(Cc1ccc(C(F)(F)F)cc1)NCCc1nc2ccccc2s1. The number of fused-ring (bicyclic) bond motifs is 1. The second-order valence-corrected chi connectivity index (χ2v) is 6.66. The largest absolute Gasteiger partial charge is 0.416 e. The summed E-state index contributed by atoms with van der Waals surface area (Å²) < 4.78 is 38.6. The van der Waals surface area contributed by atoms with E-state index in [9.17, 15) is 18.0 Å². The highest BCUT2D eigenvalue weighted by Crippen LogP contribution is 2.29. The van der Waals surface area contributed by atoms with Crippen LogP contribution in [0.1, 0.15) is 16.1 Å². The van der Waals surface area contributed by atoms with Crippen molar-refractivity contribution in [1.29, 1.82) is 0 Å². The molecule has 3 nitrogen and oxygen atoms in total. The van der Waals surface area contributed by atoms with Crippen molar-refractivity contribution in [3.8, 4) is 0 Å². The predicted octanol–water partition coefficient (Wildman–Crippen LogP) is 4.22. The van der Waals surface area contributed by atoms with Gasteiger partial charge in [-0.25, -0.2) is 4.98 Å². The molecule has 0 unspecified atom stereocenters. The molecule has 130 valence electrons. The average Bonchev–Trinajstić information content (AvgIpc) is 2.97. The molecule has 3 rings (SSSR count). The van der Waals surface area contributed by atoms with Crippen LogP contribution in [0, 0.1) is 0 Å². The fourth-order valence-corrected chi connectivity index (χ4v) is 3.36. The maximum Gasteiger partial charge on any atom is 0.416 e. The van der Waals surface area contributed by atoms with Gasteiger partial charge in [0, 0.05) is 13.0 Å². The van der Waals surface area contributed by atoms with Crippen LogP contribution in [-0.4, -0.2) is 17.4 Å². The molecule has 1 amide bonds. The number of nitrogens with zero attached hydrogens (tertiary/aromatic N) is 1. The molecule has 0 bridgehead atoms. The van der Waals surface area contributed by atoms with Crippen LogP contribution in [-0.2, 0) is 23.8 Å². The van der Waals surface area contributed by atoms with E-state index in [1.54, 1.807) is 11.3 Å². The van der Waals surface area contributed by atoms with Crippen LogP contribution in [0.5, 0.6) is 0 Å². The molecule has 1 aromatic heterocycles. The molecular weight excluding hydrogens is 349 g/mol. The Labute approximate surface area is 146 Å². The van der Waals surface area contributed by atoms with E-state index in [1.165, 1.54) is 12.1 Å². The molecular formula is C18H15F3N2OS. The summed E-state index contributed by atoms with van der Waals surface area (Å²) in [5, 5.41) is 3.72. The van der Waals surface area contributed by atoms with Gasteiger partial charge < -0.3 is 5.32 Å². The summed E-state index contributed by atoms with van der Waals surface area (Å²) in [6, 6.07) is 12.5. The number of hydrogen-bond donors (Lipinski definition) is 1. The first kappa shape index (κ1) is 17.4. The Balaban J connectivity index is 1.49. The fourth-order valence-electron chi connectivity index (χ4n) is 2.40. The molecule has 3 aromatic rings. The van der Waals surface area contributed by atoms with Gasteiger partial charge in [-0.15, -0.1) is 11.3 Å². The third kappa shape index (κ3) is 4.57. The van der Waals surface area contributed by atoms with E-state index >= 15 is 0 Å². The van der Waals surface area contributed by atoms with E-state index in [2.05, 4.69) is 10.3 Å². The minimum absolute atomic E-state index is 0.0536. The highest BCUT2D eigenvalue weighted by atomic mass is 32.1. The number of halogens is 3. The Bertz CT molecular complexity index is 839. The predicted molar refractivity (Wildman–Crippen MR) is 91.5 cm³/mol. The Kier molecular flexibility index (Phi) is 5.03. The van der Waals surface area contributed by atoms with Crippen molar-refractivity contribution in [2.75, 3.05) is 6.54 Å². The number of alkyl halides is 3. The molecule has 0 saturated heterocycles. The fraction of sp³-hybridized carbons (Fsp3) is 0.222. The molecule has 0 fully saturated rings. The highest BCUT2D eigenvalue weighted by molar-refractivity contribution is 7.18. The van der Waals surface area contributed by atoms with Gasteiger partial charge in [0.1, 0.15) is 0 Å². The monoisotopic (exact) mass is 364 g/mol. The molecule has 0 aliphatic carbocycles. The molecule has 1 N–H and O–H groups in total. The van der Waals surface area contributed by atoms with E-state index in [0.29, 0.717) is 18.5 Å². The van der Waals surface area contributed by atoms with Gasteiger partial charge in [-0.3, -0.25) is 4.79 Å². The normalized spacial score (nSPS) is 11.6. The maximum absolute atomic E-state index is 12.5. The van der Waals surface area contributed by atoms with Crippen LogP contribution in [0.3, 0.4) is 0 Å². The number of carbonyl (C=O) groups is 1. The summed E-state index contributed by atoms with van der Waals surface area (Å²) in [6.45, 7) is 0.444. The first-order chi connectivity index (χ1) is 11.9. The maximum atomic E-state index is 12.5. The summed E-state index contributed by atoms with van der Waals surface area (Å²) in [5.41, 5.74) is 0.775. The van der Waals surface area contributed by atoms with Gasteiger partial charge in [0.05, 0.1) is 27.2 Å². The second kappa shape index (κ2) is 7.23. The van der Waals surface area contributed by atoms with Gasteiger partial charge >= 0.3 is 6.18 Å². The van der Waals surface area contributed by atoms with Gasteiger partial charge in [0.25, 0.3) is 0 Å². The number of benzene rings is 2. The minimum atomic E-state index is -4.36. The Morgan fingerprint density at radius 3 is 2.48 bits per heavy atom. The van der Waals surface area contributed by atoms with Crippen LogP contribution in [0.15, 0.2) is 48.5 Å². The van der Waals surface area contributed by atoms with Crippen LogP contribution >= 0.6 is 11.3 Å². The number of rotatable bonds is 5. The smallest absolute Gasteiger partial charge is 0.355 e. The minimum Gasteiger partial charge on any atom is -0.355 e. The zero-order valence-corrected chi connectivity index (χ0v) is 14.0. The first-order valence-corrected chi connectivity index (χ1v) is 8.51. The standard InChI is InChI=1S/C18H15F3N2OS/c19-18(20,21)13-7-5-12(6-8-13)11-16(24)22-10-9-17-23-14-3-1-2-4-15(14)25-17/h1-8H,9-11H2,(H,22,24). The summed E-state index contributed by atoms with van der Waals surface area (Å²) in [7, 11) is 0. The van der Waals surface area contributed by atoms with Crippen molar-refractivity contribution in [3.63, 3.8) is 0 Å². The van der Waals surface area contributed by atoms with Crippen molar-refractivity contribution in [3.05, 3.63) is 64.7 Å². The van der Waals surface area contributed by atoms with E-state index in [1.807, 2.05) is 24.3 Å². The molecule has 0 aliphatic heterocycles. The lowest BCUT2D eigenvalue weighted by Crippen LogP contribution is -2.27. The quantitative estimate of drug-likeness (QED) is 0.737. The van der Waals surface area contributed by atoms with Crippen molar-refractivity contribution >= 4 is 27.5 Å². The third-order valence-corrected chi connectivity index (χ3v) is 4.74. The van der Waals surface area contributed by atoms with Crippen molar-refractivity contribution in [2.45, 2.75) is 19.0 Å². The molecule has 2 aromatic carbocycles. The molecule has 1 heterocycles. The van der Waals surface area contributed by atoms with Crippen LogP contribution in [0.25, 0.3) is 10.2 Å². The number of carbonyl (C=O) groups excluding carboxylic acids is 1. The average molecular weight is 364 g/mol. The van der Waals surface area contributed by atoms with Crippen molar-refractivity contribution in [1.82, 2.24) is 10.3 Å². The molecule has 0 saturated carbocycles. The summed E-state index contributed by atoms with van der Waals surface area (Å²) in [4.78, 5) is 16.4. The molecule has 0 aliphatic rings. The molecule has 7 heteroatoms. The van der Waals surface area contributed by atoms with Crippen LogP contribution in [0.4, 0.5) is 13.2 Å². The number of thiazole rings is 1. The number of nitrogens with one attached hydrogen (secondary N) is 1. The molecule has 0 atom stereocenters. The zero-order valence-electron chi connectivity index (χ0n) is 13.1. The summed E-state index contributed by atoms with van der Waals surface area (Å²) >= 11 is 1.59. The Hall–Kier alpha value is -2.41. The van der Waals surface area contributed by atoms with Gasteiger partial charge in [-0.05, 0) is 29.8 Å². The lowest BCUT2D eigenvalue weighted by molar-refractivity contribution is -0.137. The van der Waals surface area contributed by atoms with Gasteiger partial charge in [0.15, 0.2) is 0 Å². The van der Waals surface area contributed by atoms with E-state index in [-0.39, 0.29) is 12.3 Å². The van der Waals surface area contributed by atoms with E-state index < -0.39 is 11.7 Å². The van der Waals surface area contributed by atoms with Crippen molar-refractivity contribution in [2.24, 2.45) is 0 Å². The molecule has 0 spiro atoms. The van der Waals surface area contributed by atoms with E-state index in [0.717, 1.165) is 27.4 Å². The van der Waals surface area contributed by atoms with Gasteiger partial charge in [0.2, 0.25) is 5.91 Å². The Morgan fingerprint density at radius 1 is 1.08 bits per heavy atom. The van der Waals surface area contributed by atoms with E-state index in [4.69, 9.17) is 0 Å². The number of amides is 1. The third-order valence-electron chi connectivity index (χ3n) is 3.65. The lowest BCUT2D eigenvalue weighted by Gasteiger charge is -2.08. The zero-order chi connectivity index (χ0) is 17.9. The number of aromatic nitrogens is 1. The molecule has 0 radical (unpaired) electrons. The topological polar surface area (TPSA) is 42.0 Å². The van der Waals surface area contributed by atoms with Crippen LogP contribution < -0.4 is 5.32 Å². The van der Waals surface area contributed by atoms with Gasteiger partial charge in [-0.2, -0.15) is 13.2 Å². The second-order valence-electron chi connectivity index (χ2n) is 5.55. The van der Waals surface area contributed by atoms with Gasteiger partial charge in [-0.1, -0.05) is 24.3 Å². The summed E-state index contributed by atoms with van der Waals surface area (Å²) in [6.07, 6.45) is -3.69. The number of para-hydroxylation sites is 1. The molecule has 25 heavy (non-hydrogen) atoms.